The summed E-state index contributed by atoms with van der Waals surface area (Å²) in [4.78, 5) is 2.33. The highest BCUT2D eigenvalue weighted by Crippen LogP contribution is 2.77. The highest BCUT2D eigenvalue weighted by molar-refractivity contribution is 5.30. The lowest BCUT2D eigenvalue weighted by molar-refractivity contribution is -0.408. The molecule has 9 heteroatoms. The molecule has 3 heterocycles. The van der Waals surface area contributed by atoms with Crippen LogP contribution in [0.1, 0.15) is 59.3 Å². The Morgan fingerprint density at radius 3 is 2.41 bits per heavy atom. The molecule has 37 heavy (non-hydrogen) atoms. The monoisotopic (exact) mass is 523 g/mol. The van der Waals surface area contributed by atoms with Crippen LogP contribution >= 0.6 is 0 Å². The zero-order valence-electron chi connectivity index (χ0n) is 22.2. The topological polar surface area (TPSA) is 154 Å². The maximum absolute atomic E-state index is 12.6. The van der Waals surface area contributed by atoms with Crippen molar-refractivity contribution in [3.05, 3.63) is 0 Å². The van der Waals surface area contributed by atoms with Crippen LogP contribution in [0.25, 0.3) is 0 Å². The van der Waals surface area contributed by atoms with Crippen molar-refractivity contribution >= 4 is 0 Å². The number of nitrogens with zero attached hydrogens (tertiary/aromatic N) is 1. The van der Waals surface area contributed by atoms with E-state index in [0.29, 0.717) is 31.7 Å². The predicted molar refractivity (Wildman–Crippen MR) is 131 cm³/mol. The van der Waals surface area contributed by atoms with Crippen LogP contribution in [0, 0.1) is 46.3 Å². The summed E-state index contributed by atoms with van der Waals surface area (Å²) in [5.41, 5.74) is -4.27. The summed E-state index contributed by atoms with van der Waals surface area (Å²) >= 11 is 0. The fourth-order valence-electron chi connectivity index (χ4n) is 11.8. The van der Waals surface area contributed by atoms with Gasteiger partial charge in [0.1, 0.15) is 17.8 Å². The van der Waals surface area contributed by atoms with E-state index in [1.54, 1.807) is 6.92 Å². The van der Waals surface area contributed by atoms with Gasteiger partial charge in [0.05, 0.1) is 24.4 Å². The minimum Gasteiger partial charge on any atom is -0.393 e. The highest BCUT2D eigenvalue weighted by Gasteiger charge is 2.82. The van der Waals surface area contributed by atoms with E-state index >= 15 is 0 Å². The number of aliphatic hydroxyl groups excluding tert-OH is 4. The molecule has 7 N–H and O–H groups in total. The van der Waals surface area contributed by atoms with Crippen molar-refractivity contribution in [1.82, 2.24) is 4.90 Å². The maximum Gasteiger partial charge on any atom is 0.195 e. The summed E-state index contributed by atoms with van der Waals surface area (Å²) in [6.07, 6.45) is -1.49. The molecule has 4 saturated carbocycles. The fourth-order valence-corrected chi connectivity index (χ4v) is 11.8. The fraction of sp³-hybridized carbons (Fsp3) is 1.00. The van der Waals surface area contributed by atoms with Gasteiger partial charge in [-0.1, -0.05) is 13.8 Å². The summed E-state index contributed by atoms with van der Waals surface area (Å²) in [5, 5.41) is 81.6. The second kappa shape index (κ2) is 7.47. The maximum atomic E-state index is 12.6. The smallest absolute Gasteiger partial charge is 0.195 e. The number of hydrogen-bond acceptors (Lipinski definition) is 9. The number of rotatable bonds is 0. The molecule has 7 rings (SSSR count). The largest absolute Gasteiger partial charge is 0.393 e. The van der Waals surface area contributed by atoms with E-state index in [2.05, 4.69) is 18.7 Å². The van der Waals surface area contributed by atoms with Gasteiger partial charge in [-0.2, -0.15) is 0 Å². The molecule has 0 aromatic rings. The summed E-state index contributed by atoms with van der Waals surface area (Å²) in [7, 11) is 0. The molecule has 4 bridgehead atoms. The van der Waals surface area contributed by atoms with Crippen LogP contribution in [0.5, 0.6) is 0 Å². The molecule has 0 radical (unpaired) electrons. The van der Waals surface area contributed by atoms with Gasteiger partial charge in [0, 0.05) is 42.3 Å². The van der Waals surface area contributed by atoms with Gasteiger partial charge in [-0.25, -0.2) is 0 Å². The number of ether oxygens (including phenoxy) is 1. The van der Waals surface area contributed by atoms with Crippen LogP contribution in [-0.4, -0.2) is 108 Å². The van der Waals surface area contributed by atoms with E-state index in [-0.39, 0.29) is 25.0 Å². The van der Waals surface area contributed by atoms with Gasteiger partial charge >= 0.3 is 0 Å². The van der Waals surface area contributed by atoms with Gasteiger partial charge in [-0.15, -0.1) is 0 Å². The van der Waals surface area contributed by atoms with Gasteiger partial charge in [-0.3, -0.25) is 4.90 Å². The molecular formula is C28H45NO8. The van der Waals surface area contributed by atoms with Crippen molar-refractivity contribution in [3.63, 3.8) is 0 Å². The number of aliphatic hydroxyl groups is 7. The van der Waals surface area contributed by atoms with Crippen molar-refractivity contribution in [1.29, 1.82) is 0 Å². The first-order valence-electron chi connectivity index (χ1n) is 14.5. The second-order valence-electron chi connectivity index (χ2n) is 14.7. The van der Waals surface area contributed by atoms with Crippen molar-refractivity contribution in [2.24, 2.45) is 46.3 Å². The average Bonchev–Trinajstić information content (AvgIpc) is 3.11. The van der Waals surface area contributed by atoms with E-state index in [0.717, 1.165) is 19.4 Å². The predicted octanol–water partition coefficient (Wildman–Crippen LogP) is -0.566. The molecule has 3 aliphatic heterocycles. The van der Waals surface area contributed by atoms with Crippen molar-refractivity contribution in [3.8, 4) is 0 Å². The Morgan fingerprint density at radius 1 is 0.946 bits per heavy atom. The molecule has 4 aliphatic carbocycles. The van der Waals surface area contributed by atoms with Crippen LogP contribution in [0.3, 0.4) is 0 Å². The number of piperidine rings is 2. The lowest BCUT2D eigenvalue weighted by Gasteiger charge is -2.70. The molecule has 1 spiro atoms. The molecule has 3 saturated heterocycles. The van der Waals surface area contributed by atoms with Crippen LogP contribution in [0.4, 0.5) is 0 Å². The molecular weight excluding hydrogens is 478 g/mol. The van der Waals surface area contributed by atoms with Crippen LogP contribution < -0.4 is 0 Å². The molecule has 9 nitrogen and oxygen atoms in total. The summed E-state index contributed by atoms with van der Waals surface area (Å²) < 4.78 is 6.10. The van der Waals surface area contributed by atoms with Gasteiger partial charge < -0.3 is 40.5 Å². The first-order chi connectivity index (χ1) is 17.2. The van der Waals surface area contributed by atoms with Gasteiger partial charge in [0.2, 0.25) is 0 Å². The number of fused-ring (bicyclic) bond motifs is 5. The zero-order chi connectivity index (χ0) is 26.5. The normalized spacial score (nSPS) is 66.8. The Balaban J connectivity index is 1.36. The molecule has 7 fully saturated rings. The summed E-state index contributed by atoms with van der Waals surface area (Å²) in [5.74, 6) is -3.85. The Morgan fingerprint density at radius 2 is 1.68 bits per heavy atom. The highest BCUT2D eigenvalue weighted by atomic mass is 16.6. The molecule has 7 aliphatic rings. The van der Waals surface area contributed by atoms with E-state index in [1.807, 2.05) is 0 Å². The Kier molecular flexibility index (Phi) is 5.17. The molecule has 0 aromatic carbocycles. The van der Waals surface area contributed by atoms with E-state index in [9.17, 15) is 35.7 Å². The summed E-state index contributed by atoms with van der Waals surface area (Å²) in [6.45, 7) is 7.63. The van der Waals surface area contributed by atoms with E-state index in [4.69, 9.17) is 4.74 Å². The van der Waals surface area contributed by atoms with Crippen LogP contribution in [-0.2, 0) is 4.74 Å². The Bertz CT molecular complexity index is 980. The third-order valence-corrected chi connectivity index (χ3v) is 13.4. The Hall–Kier alpha value is -0.360. The lowest BCUT2D eigenvalue weighted by atomic mass is 9.41. The molecule has 0 unspecified atom stereocenters. The summed E-state index contributed by atoms with van der Waals surface area (Å²) in [6, 6.07) is -0.111. The SMILES string of the molecule is C[C@@H]1CC[C@@H]2N(C1)C[C@@H]1[C@H]([C@H](O)[C@H](O)[C@]3(O)[C@@H]1C[C@@]14CO[C@@]5(O)[C@H](O)CC[C@@]1(C)[C@H]5C[C@H](O)[C@@H]34)[C@@]2(C)O. The van der Waals surface area contributed by atoms with Crippen LogP contribution in [0.15, 0.2) is 0 Å². The molecule has 0 amide bonds. The second-order valence-corrected chi connectivity index (χ2v) is 14.7. The minimum atomic E-state index is -1.76. The van der Waals surface area contributed by atoms with Crippen molar-refractivity contribution < 1.29 is 40.5 Å². The lowest BCUT2D eigenvalue weighted by Crippen LogP contribution is -2.78. The van der Waals surface area contributed by atoms with Crippen LogP contribution in [0.2, 0.25) is 0 Å². The first kappa shape index (κ1) is 25.6. The molecule has 16 atom stereocenters. The van der Waals surface area contributed by atoms with E-state index in [1.165, 1.54) is 0 Å². The van der Waals surface area contributed by atoms with Crippen molar-refractivity contribution in [2.45, 2.75) is 107 Å². The minimum absolute atomic E-state index is 0.0636. The standard InChI is InChI=1S/C28H45NO8/c1-13-4-5-18-25(3,34)20-14(11-29(18)10-13)15-9-26-12-37-28(36)17(24(26,2)7-6-19(28)31)8-16(30)22(26)27(15,35)23(33)21(20)32/h13-23,30-36H,4-12H2,1-3H3/t13-,14+,15-,16+,17-,18+,19-,20-,21+,22-,23+,24+,25+,26+,27+,28-/m1/s1. The third-order valence-electron chi connectivity index (χ3n) is 13.4. The average molecular weight is 524 g/mol. The van der Waals surface area contributed by atoms with Crippen molar-refractivity contribution in [2.75, 3.05) is 19.7 Å². The molecule has 0 aromatic heterocycles. The third kappa shape index (κ3) is 2.73. The molecule has 210 valence electrons. The zero-order valence-corrected chi connectivity index (χ0v) is 22.2. The quantitative estimate of drug-likeness (QED) is 0.221. The van der Waals surface area contributed by atoms with Gasteiger partial charge in [-0.05, 0) is 68.6 Å². The first-order valence-corrected chi connectivity index (χ1v) is 14.5. The van der Waals surface area contributed by atoms with Gasteiger partial charge in [0.25, 0.3) is 0 Å². The van der Waals surface area contributed by atoms with E-state index < -0.39 is 75.9 Å². The van der Waals surface area contributed by atoms with Gasteiger partial charge in [0.15, 0.2) is 5.79 Å². The number of hydrogen-bond donors (Lipinski definition) is 7. The Labute approximate surface area is 218 Å².